The maximum absolute atomic E-state index is 14.1. The number of halogens is 2. The highest BCUT2D eigenvalue weighted by Crippen LogP contribution is 2.39. The molecule has 1 aliphatic rings. The van der Waals surface area contributed by atoms with Gasteiger partial charge in [-0.2, -0.15) is 0 Å². The van der Waals surface area contributed by atoms with E-state index in [0.717, 1.165) is 6.07 Å². The molecular weight excluding hydrogens is 462 g/mol. The maximum Gasteiger partial charge on any atom is 0.338 e. The number of nitrogens with zero attached hydrogens (tertiary/aromatic N) is 1. The Labute approximate surface area is 207 Å². The van der Waals surface area contributed by atoms with Crippen molar-refractivity contribution in [1.29, 1.82) is 0 Å². The Hall–Kier alpha value is -3.97. The number of nitrogens with one attached hydrogen (secondary N) is 1. The number of aromatic carboxylic acids is 1. The first kappa shape index (κ1) is 23.8. The molecule has 2 atom stereocenters. The Balaban J connectivity index is 1.34. The van der Waals surface area contributed by atoms with Gasteiger partial charge in [0.2, 0.25) is 0 Å². The Bertz CT molecular complexity index is 1420. The van der Waals surface area contributed by atoms with Crippen LogP contribution in [-0.4, -0.2) is 30.3 Å². The zero-order chi connectivity index (χ0) is 25.2. The lowest BCUT2D eigenvalue weighted by atomic mass is 9.99. The van der Waals surface area contributed by atoms with Crippen LogP contribution in [0.5, 0.6) is 5.75 Å². The van der Waals surface area contributed by atoms with E-state index in [9.17, 15) is 18.7 Å². The minimum atomic E-state index is -1.36. The molecule has 5 nitrogen and oxygen atoms in total. The lowest BCUT2D eigenvalue weighted by Crippen LogP contribution is -2.39. The molecule has 7 heteroatoms. The molecule has 184 valence electrons. The normalized spacial score (nSPS) is 15.9. The lowest BCUT2D eigenvalue weighted by Gasteiger charge is -2.36. The van der Waals surface area contributed by atoms with Crippen LogP contribution >= 0.6 is 0 Å². The van der Waals surface area contributed by atoms with Crippen molar-refractivity contribution >= 4 is 28.1 Å². The molecular formula is C29H26F2N2O3. The summed E-state index contributed by atoms with van der Waals surface area (Å²) < 4.78 is 34.2. The summed E-state index contributed by atoms with van der Waals surface area (Å²) in [6.45, 7) is 3.16. The Morgan fingerprint density at radius 1 is 1.08 bits per heavy atom. The van der Waals surface area contributed by atoms with E-state index in [4.69, 9.17) is 4.74 Å². The monoisotopic (exact) mass is 488 g/mol. The average molecular weight is 489 g/mol. The number of rotatable bonds is 7. The van der Waals surface area contributed by atoms with Crippen molar-refractivity contribution in [3.63, 3.8) is 0 Å². The van der Waals surface area contributed by atoms with Crippen LogP contribution in [0.15, 0.2) is 78.9 Å². The number of ether oxygens (including phenoxy) is 1. The summed E-state index contributed by atoms with van der Waals surface area (Å²) in [5.74, 6) is -2.12. The van der Waals surface area contributed by atoms with Crippen molar-refractivity contribution in [3.05, 3.63) is 102 Å². The van der Waals surface area contributed by atoms with Gasteiger partial charge in [-0.1, -0.05) is 42.5 Å². The van der Waals surface area contributed by atoms with Gasteiger partial charge in [0.05, 0.1) is 17.8 Å². The number of fused-ring (bicyclic) bond motifs is 2. The zero-order valence-corrected chi connectivity index (χ0v) is 19.7. The molecule has 0 saturated heterocycles. The van der Waals surface area contributed by atoms with Crippen LogP contribution < -0.4 is 15.0 Å². The molecule has 4 aromatic carbocycles. The molecule has 0 radical (unpaired) electrons. The van der Waals surface area contributed by atoms with Crippen molar-refractivity contribution in [1.82, 2.24) is 5.32 Å². The van der Waals surface area contributed by atoms with Gasteiger partial charge in [-0.25, -0.2) is 13.6 Å². The molecule has 0 fully saturated rings. The number of benzene rings is 4. The first-order valence-corrected chi connectivity index (χ1v) is 11.9. The van der Waals surface area contributed by atoms with Crippen LogP contribution in [0.4, 0.5) is 20.2 Å². The highest BCUT2D eigenvalue weighted by molar-refractivity contribution is 5.90. The van der Waals surface area contributed by atoms with Crippen LogP contribution in [0.2, 0.25) is 0 Å². The molecule has 0 aromatic heterocycles. The number of hydrogen-bond donors (Lipinski definition) is 2. The second kappa shape index (κ2) is 9.95. The van der Waals surface area contributed by atoms with Crippen molar-refractivity contribution < 1.29 is 23.4 Å². The number of anilines is 2. The van der Waals surface area contributed by atoms with Gasteiger partial charge in [0.25, 0.3) is 0 Å². The molecule has 2 unspecified atom stereocenters. The molecule has 0 spiro atoms. The van der Waals surface area contributed by atoms with Crippen LogP contribution in [-0.2, 0) is 0 Å². The number of carbonyl (C=O) groups is 1. The van der Waals surface area contributed by atoms with Gasteiger partial charge < -0.3 is 20.1 Å². The molecule has 0 amide bonds. The first-order valence-electron chi connectivity index (χ1n) is 11.9. The van der Waals surface area contributed by atoms with Gasteiger partial charge in [0.1, 0.15) is 23.5 Å². The van der Waals surface area contributed by atoms with E-state index in [1.807, 2.05) is 12.1 Å². The Morgan fingerprint density at radius 3 is 2.72 bits per heavy atom. The van der Waals surface area contributed by atoms with Gasteiger partial charge in [0.15, 0.2) is 0 Å². The average Bonchev–Trinajstić information content (AvgIpc) is 2.88. The van der Waals surface area contributed by atoms with E-state index >= 15 is 0 Å². The third kappa shape index (κ3) is 4.75. The van der Waals surface area contributed by atoms with Crippen LogP contribution in [0, 0.1) is 11.6 Å². The number of carboxylic acids is 1. The summed E-state index contributed by atoms with van der Waals surface area (Å²) in [5, 5.41) is 15.3. The standard InChI is InChI=1S/C29H26F2N2O3/c1-18(23-8-4-6-19-5-2-3-7-24(19)23)32-14-13-22-17-33(27-15-20(30)9-12-28(27)36-22)21-10-11-26(31)25(16-21)29(34)35/h2-12,15-16,18,22,32H,13-14,17H2,1H3,(H,34,35). The molecule has 0 saturated carbocycles. The van der Waals surface area contributed by atoms with E-state index in [1.54, 1.807) is 11.0 Å². The molecule has 36 heavy (non-hydrogen) atoms. The number of hydrogen-bond acceptors (Lipinski definition) is 4. The molecule has 0 aliphatic carbocycles. The predicted octanol–water partition coefficient (Wildman–Crippen LogP) is 6.46. The highest BCUT2D eigenvalue weighted by Gasteiger charge is 2.28. The summed E-state index contributed by atoms with van der Waals surface area (Å²) in [4.78, 5) is 13.3. The second-order valence-electron chi connectivity index (χ2n) is 8.96. The molecule has 0 bridgehead atoms. The Morgan fingerprint density at radius 2 is 1.89 bits per heavy atom. The lowest BCUT2D eigenvalue weighted by molar-refractivity contribution is 0.0692. The summed E-state index contributed by atoms with van der Waals surface area (Å²) >= 11 is 0. The smallest absolute Gasteiger partial charge is 0.338 e. The minimum absolute atomic E-state index is 0.118. The Kier molecular flexibility index (Phi) is 6.57. The second-order valence-corrected chi connectivity index (χ2v) is 8.96. The predicted molar refractivity (Wildman–Crippen MR) is 136 cm³/mol. The third-order valence-electron chi connectivity index (χ3n) is 6.59. The van der Waals surface area contributed by atoms with Crippen LogP contribution in [0.3, 0.4) is 0 Å². The zero-order valence-electron chi connectivity index (χ0n) is 19.7. The first-order chi connectivity index (χ1) is 17.4. The molecule has 2 N–H and O–H groups in total. The molecule has 1 heterocycles. The quantitative estimate of drug-likeness (QED) is 0.313. The largest absolute Gasteiger partial charge is 0.486 e. The van der Waals surface area contributed by atoms with Crippen molar-refractivity contribution in [2.75, 3.05) is 18.0 Å². The van der Waals surface area contributed by atoms with Crippen LogP contribution in [0.25, 0.3) is 10.8 Å². The summed E-state index contributed by atoms with van der Waals surface area (Å²) in [5.41, 5.74) is 1.73. The van der Waals surface area contributed by atoms with Gasteiger partial charge in [0, 0.05) is 17.8 Å². The minimum Gasteiger partial charge on any atom is -0.486 e. The summed E-state index contributed by atoms with van der Waals surface area (Å²) in [6, 6.07) is 22.8. The SMILES string of the molecule is CC(NCCC1CN(c2ccc(F)c(C(=O)O)c2)c2cc(F)ccc2O1)c1cccc2ccccc12. The topological polar surface area (TPSA) is 61.8 Å². The highest BCUT2D eigenvalue weighted by atomic mass is 19.1. The van der Waals surface area contributed by atoms with E-state index in [-0.39, 0.29) is 12.1 Å². The van der Waals surface area contributed by atoms with E-state index < -0.39 is 23.2 Å². The molecule has 4 aromatic rings. The van der Waals surface area contributed by atoms with E-state index in [0.29, 0.717) is 36.6 Å². The summed E-state index contributed by atoms with van der Waals surface area (Å²) in [7, 11) is 0. The number of carboxylic acid groups (broad SMARTS) is 1. The van der Waals surface area contributed by atoms with Crippen molar-refractivity contribution in [2.24, 2.45) is 0 Å². The van der Waals surface area contributed by atoms with Crippen molar-refractivity contribution in [2.45, 2.75) is 25.5 Å². The fourth-order valence-electron chi connectivity index (χ4n) is 4.76. The fraction of sp³-hybridized carbons (Fsp3) is 0.207. The third-order valence-corrected chi connectivity index (χ3v) is 6.59. The van der Waals surface area contributed by atoms with Gasteiger partial charge >= 0.3 is 5.97 Å². The maximum atomic E-state index is 14.1. The van der Waals surface area contributed by atoms with E-state index in [1.165, 1.54) is 40.6 Å². The summed E-state index contributed by atoms with van der Waals surface area (Å²) in [6.07, 6.45) is 0.420. The van der Waals surface area contributed by atoms with Gasteiger partial charge in [-0.05, 0) is 66.6 Å². The van der Waals surface area contributed by atoms with Gasteiger partial charge in [-0.15, -0.1) is 0 Å². The fourth-order valence-corrected chi connectivity index (χ4v) is 4.76. The van der Waals surface area contributed by atoms with Crippen molar-refractivity contribution in [3.8, 4) is 5.75 Å². The molecule has 1 aliphatic heterocycles. The molecule has 5 rings (SSSR count). The van der Waals surface area contributed by atoms with Crippen LogP contribution in [0.1, 0.15) is 35.3 Å². The van der Waals surface area contributed by atoms with Gasteiger partial charge in [-0.3, -0.25) is 0 Å². The van der Waals surface area contributed by atoms with E-state index in [2.05, 4.69) is 42.6 Å².